The number of carboxylic acid groups (broad SMARTS) is 1. The molecule has 7 heteroatoms. The number of carbonyl (C=O) groups is 3. The maximum Gasteiger partial charge on any atom is 0.320 e. The van der Waals surface area contributed by atoms with Gasteiger partial charge in [0.2, 0.25) is 5.91 Å². The number of nitrogens with zero attached hydrogens (tertiary/aromatic N) is 2. The smallest absolute Gasteiger partial charge is 0.320 e. The van der Waals surface area contributed by atoms with Gasteiger partial charge >= 0.3 is 12.0 Å². The predicted octanol–water partition coefficient (Wildman–Crippen LogP) is 0.735. The lowest BCUT2D eigenvalue weighted by molar-refractivity contribution is -0.150. The monoisotopic (exact) mass is 299 g/mol. The second kappa shape index (κ2) is 6.32. The number of hydrogen-bond donors (Lipinski definition) is 2. The summed E-state index contributed by atoms with van der Waals surface area (Å²) in [5, 5.41) is 9.50. The van der Waals surface area contributed by atoms with Crippen LogP contribution >= 0.6 is 0 Å². The lowest BCUT2D eigenvalue weighted by Gasteiger charge is -2.32. The molecule has 0 aliphatic carbocycles. The summed E-state index contributed by atoms with van der Waals surface area (Å²) in [6.07, 6.45) is 0.425. The molecule has 1 saturated heterocycles. The van der Waals surface area contributed by atoms with Crippen LogP contribution in [0, 0.1) is 11.3 Å². The highest BCUT2D eigenvalue weighted by atomic mass is 16.4. The second-order valence-corrected chi connectivity index (χ2v) is 6.26. The lowest BCUT2D eigenvalue weighted by Crippen LogP contribution is -2.50. The first kappa shape index (κ1) is 17.3. The highest BCUT2D eigenvalue weighted by molar-refractivity contribution is 5.84. The van der Waals surface area contributed by atoms with Gasteiger partial charge in [-0.25, -0.2) is 4.79 Å². The molecule has 0 bridgehead atoms. The van der Waals surface area contributed by atoms with Crippen molar-refractivity contribution in [3.05, 3.63) is 0 Å². The molecule has 0 saturated carbocycles. The Kier molecular flexibility index (Phi) is 5.20. The van der Waals surface area contributed by atoms with Gasteiger partial charge < -0.3 is 20.6 Å². The van der Waals surface area contributed by atoms with Crippen molar-refractivity contribution in [2.75, 3.05) is 19.6 Å². The molecule has 7 nitrogen and oxygen atoms in total. The van der Waals surface area contributed by atoms with Gasteiger partial charge in [-0.3, -0.25) is 9.59 Å². The highest BCUT2D eigenvalue weighted by Gasteiger charge is 2.49. The summed E-state index contributed by atoms with van der Waals surface area (Å²) in [6, 6.07) is -0.503. The molecule has 3 N–H and O–H groups in total. The second-order valence-electron chi connectivity index (χ2n) is 6.26. The quantitative estimate of drug-likeness (QED) is 0.781. The number of rotatable bonds is 5. The van der Waals surface area contributed by atoms with E-state index in [0.29, 0.717) is 13.0 Å². The Morgan fingerprint density at radius 3 is 2.19 bits per heavy atom. The molecule has 0 aromatic carbocycles. The van der Waals surface area contributed by atoms with E-state index in [1.165, 1.54) is 9.80 Å². The molecule has 0 aromatic heterocycles. The van der Waals surface area contributed by atoms with Crippen molar-refractivity contribution < 1.29 is 19.5 Å². The summed E-state index contributed by atoms with van der Waals surface area (Å²) >= 11 is 0. The zero-order chi connectivity index (χ0) is 16.4. The number of hydrogen-bond acceptors (Lipinski definition) is 3. The lowest BCUT2D eigenvalue weighted by atomic mass is 9.76. The Bertz CT molecular complexity index is 436. The molecule has 3 amide bonds. The van der Waals surface area contributed by atoms with Crippen LogP contribution in [0.3, 0.4) is 0 Å². The van der Waals surface area contributed by atoms with Crippen LogP contribution in [0.15, 0.2) is 0 Å². The van der Waals surface area contributed by atoms with E-state index < -0.39 is 17.3 Å². The average Bonchev–Trinajstić information content (AvgIpc) is 2.80. The Hall–Kier alpha value is -1.79. The third-order valence-electron chi connectivity index (χ3n) is 4.30. The van der Waals surface area contributed by atoms with Gasteiger partial charge in [-0.2, -0.15) is 0 Å². The van der Waals surface area contributed by atoms with Crippen LogP contribution in [0.2, 0.25) is 0 Å². The number of likely N-dealkylation sites (tertiary alicyclic amines) is 1. The van der Waals surface area contributed by atoms with Crippen molar-refractivity contribution in [2.24, 2.45) is 17.1 Å². The fourth-order valence-electron chi connectivity index (χ4n) is 2.71. The molecule has 21 heavy (non-hydrogen) atoms. The number of carbonyl (C=O) groups excluding carboxylic acids is 2. The molecule has 1 fully saturated rings. The van der Waals surface area contributed by atoms with Crippen LogP contribution in [0.25, 0.3) is 0 Å². The molecule has 0 aromatic rings. The van der Waals surface area contributed by atoms with Crippen LogP contribution in [-0.4, -0.2) is 58.5 Å². The number of primary amides is 1. The van der Waals surface area contributed by atoms with Gasteiger partial charge in [0.1, 0.15) is 6.54 Å². The van der Waals surface area contributed by atoms with Gasteiger partial charge in [-0.1, -0.05) is 13.8 Å². The first-order valence-corrected chi connectivity index (χ1v) is 7.19. The summed E-state index contributed by atoms with van der Waals surface area (Å²) in [5.74, 6) is -1.53. The van der Waals surface area contributed by atoms with Crippen molar-refractivity contribution in [2.45, 2.75) is 40.2 Å². The summed E-state index contributed by atoms with van der Waals surface area (Å²) in [4.78, 5) is 38.1. The molecule has 1 aliphatic heterocycles. The van der Waals surface area contributed by atoms with Gasteiger partial charge in [0.05, 0.1) is 5.41 Å². The van der Waals surface area contributed by atoms with Crippen molar-refractivity contribution in [1.82, 2.24) is 9.80 Å². The maximum atomic E-state index is 12.5. The standard InChI is InChI=1S/C14H25N3O4/c1-9(2)14(12(19)20)5-6-16(8-14)13(21)17(10(3)4)7-11(15)18/h9-10H,5-8H2,1-4H3,(H2,15,18)(H,19,20). The van der Waals surface area contributed by atoms with Gasteiger partial charge in [0, 0.05) is 19.1 Å². The first-order valence-electron chi connectivity index (χ1n) is 7.19. The van der Waals surface area contributed by atoms with Crippen LogP contribution in [0.5, 0.6) is 0 Å². The number of carboxylic acids is 1. The van der Waals surface area contributed by atoms with Gasteiger partial charge in [-0.05, 0) is 26.2 Å². The van der Waals surface area contributed by atoms with Gasteiger partial charge in [0.15, 0.2) is 0 Å². The minimum absolute atomic E-state index is 0.0727. The van der Waals surface area contributed by atoms with Crippen molar-refractivity contribution in [3.63, 3.8) is 0 Å². The Morgan fingerprint density at radius 2 is 1.86 bits per heavy atom. The zero-order valence-electron chi connectivity index (χ0n) is 13.1. The van der Waals surface area contributed by atoms with Crippen LogP contribution in [-0.2, 0) is 9.59 Å². The Balaban J connectivity index is 2.90. The molecule has 1 heterocycles. The van der Waals surface area contributed by atoms with E-state index in [2.05, 4.69) is 0 Å². The Labute approximate surface area is 125 Å². The Morgan fingerprint density at radius 1 is 1.29 bits per heavy atom. The molecule has 0 radical (unpaired) electrons. The van der Waals surface area contributed by atoms with E-state index in [0.717, 1.165) is 0 Å². The topological polar surface area (TPSA) is 104 Å². The number of nitrogens with two attached hydrogens (primary N) is 1. The van der Waals surface area contributed by atoms with Crippen LogP contribution < -0.4 is 5.73 Å². The number of aliphatic carboxylic acids is 1. The molecule has 0 spiro atoms. The first-order chi connectivity index (χ1) is 9.61. The molecular weight excluding hydrogens is 274 g/mol. The third-order valence-corrected chi connectivity index (χ3v) is 4.30. The fraction of sp³-hybridized carbons (Fsp3) is 0.786. The van der Waals surface area contributed by atoms with E-state index in [1.54, 1.807) is 13.8 Å². The van der Waals surface area contributed by atoms with Crippen molar-refractivity contribution >= 4 is 17.9 Å². The van der Waals surface area contributed by atoms with Crippen molar-refractivity contribution in [1.29, 1.82) is 0 Å². The minimum Gasteiger partial charge on any atom is -0.481 e. The molecule has 1 unspecified atom stereocenters. The largest absolute Gasteiger partial charge is 0.481 e. The summed E-state index contributed by atoms with van der Waals surface area (Å²) in [5.41, 5.74) is 4.26. The summed E-state index contributed by atoms with van der Waals surface area (Å²) < 4.78 is 0. The van der Waals surface area contributed by atoms with Crippen LogP contribution in [0.4, 0.5) is 4.79 Å². The van der Waals surface area contributed by atoms with E-state index in [9.17, 15) is 19.5 Å². The van der Waals surface area contributed by atoms with E-state index >= 15 is 0 Å². The van der Waals surface area contributed by atoms with E-state index in [1.807, 2.05) is 13.8 Å². The SMILES string of the molecule is CC(C)N(CC(N)=O)C(=O)N1CCC(C(=O)O)(C(C)C)C1. The summed E-state index contributed by atoms with van der Waals surface area (Å²) in [7, 11) is 0. The van der Waals surface area contributed by atoms with E-state index in [4.69, 9.17) is 5.73 Å². The molecule has 1 rings (SSSR count). The normalized spacial score (nSPS) is 21.9. The zero-order valence-corrected chi connectivity index (χ0v) is 13.1. The van der Waals surface area contributed by atoms with Crippen molar-refractivity contribution in [3.8, 4) is 0 Å². The average molecular weight is 299 g/mol. The maximum absolute atomic E-state index is 12.5. The van der Waals surface area contributed by atoms with Gasteiger partial charge in [0.25, 0.3) is 0 Å². The number of amides is 3. The fourth-order valence-corrected chi connectivity index (χ4v) is 2.71. The summed E-state index contributed by atoms with van der Waals surface area (Å²) in [6.45, 7) is 7.69. The highest BCUT2D eigenvalue weighted by Crippen LogP contribution is 2.38. The molecule has 1 aliphatic rings. The molecule has 1 atom stereocenters. The third kappa shape index (κ3) is 3.46. The molecule has 120 valence electrons. The predicted molar refractivity (Wildman–Crippen MR) is 77.5 cm³/mol. The van der Waals surface area contributed by atoms with Crippen LogP contribution in [0.1, 0.15) is 34.1 Å². The van der Waals surface area contributed by atoms with E-state index in [-0.39, 0.29) is 31.1 Å². The molecular formula is C14H25N3O4. The number of urea groups is 1. The minimum atomic E-state index is -0.912. The van der Waals surface area contributed by atoms with Gasteiger partial charge in [-0.15, -0.1) is 0 Å².